The summed E-state index contributed by atoms with van der Waals surface area (Å²) in [5.74, 6) is -1.83. The van der Waals surface area contributed by atoms with Crippen LogP contribution in [-0.4, -0.2) is 47.4 Å². The number of nitrogens with zero attached hydrogens (tertiary/aromatic N) is 1. The minimum atomic E-state index is -1.19. The second-order valence-corrected chi connectivity index (χ2v) is 5.42. The normalized spacial score (nSPS) is 19.0. The zero-order chi connectivity index (χ0) is 15.0. The number of nitrogens with one attached hydrogen (secondary N) is 1. The smallest absolute Gasteiger partial charge is 0.323 e. The van der Waals surface area contributed by atoms with Crippen LogP contribution in [0.25, 0.3) is 0 Å². The molecule has 6 nitrogen and oxygen atoms in total. The van der Waals surface area contributed by atoms with Crippen molar-refractivity contribution >= 4 is 17.8 Å². The summed E-state index contributed by atoms with van der Waals surface area (Å²) in [6.45, 7) is 1.30. The zero-order valence-corrected chi connectivity index (χ0v) is 11.5. The van der Waals surface area contributed by atoms with E-state index in [1.54, 1.807) is 12.1 Å². The molecule has 110 valence electrons. The summed E-state index contributed by atoms with van der Waals surface area (Å²) in [6.07, 6.45) is 2.00. The number of carboxylic acid groups (broad SMARTS) is 1. The van der Waals surface area contributed by atoms with Gasteiger partial charge in [-0.3, -0.25) is 19.3 Å². The van der Waals surface area contributed by atoms with Crippen molar-refractivity contribution in [3.63, 3.8) is 0 Å². The van der Waals surface area contributed by atoms with Crippen LogP contribution in [0.4, 0.5) is 0 Å². The van der Waals surface area contributed by atoms with Crippen molar-refractivity contribution in [1.29, 1.82) is 0 Å². The molecule has 2 heterocycles. The van der Waals surface area contributed by atoms with E-state index in [2.05, 4.69) is 5.32 Å². The average molecular weight is 288 g/mol. The molecular weight excluding hydrogens is 272 g/mol. The molecule has 2 N–H and O–H groups in total. The second kappa shape index (κ2) is 5.29. The molecule has 0 aliphatic carbocycles. The van der Waals surface area contributed by atoms with Gasteiger partial charge in [0.15, 0.2) is 0 Å². The molecule has 21 heavy (non-hydrogen) atoms. The molecule has 6 heteroatoms. The molecule has 0 saturated carbocycles. The lowest BCUT2D eigenvalue weighted by Crippen LogP contribution is -2.34. The summed E-state index contributed by atoms with van der Waals surface area (Å²) >= 11 is 0. The molecule has 2 aliphatic heterocycles. The largest absolute Gasteiger partial charge is 0.480 e. The van der Waals surface area contributed by atoms with Crippen molar-refractivity contribution in [1.82, 2.24) is 10.2 Å². The van der Waals surface area contributed by atoms with E-state index in [0.717, 1.165) is 36.4 Å². The van der Waals surface area contributed by atoms with E-state index < -0.39 is 24.3 Å². The first kappa shape index (κ1) is 13.8. The Morgan fingerprint density at radius 2 is 1.86 bits per heavy atom. The Morgan fingerprint density at radius 3 is 2.52 bits per heavy atom. The summed E-state index contributed by atoms with van der Waals surface area (Å²) in [5, 5.41) is 12.1. The van der Waals surface area contributed by atoms with Crippen molar-refractivity contribution in [3.8, 4) is 0 Å². The lowest BCUT2D eigenvalue weighted by Gasteiger charge is -2.23. The zero-order valence-electron chi connectivity index (χ0n) is 11.5. The van der Waals surface area contributed by atoms with Gasteiger partial charge in [0.1, 0.15) is 6.54 Å². The van der Waals surface area contributed by atoms with Crippen LogP contribution in [0.2, 0.25) is 0 Å². The Kier molecular flexibility index (Phi) is 3.47. The third kappa shape index (κ3) is 2.42. The lowest BCUT2D eigenvalue weighted by atomic mass is 9.88. The van der Waals surface area contributed by atoms with Crippen molar-refractivity contribution < 1.29 is 19.5 Å². The monoisotopic (exact) mass is 288 g/mol. The van der Waals surface area contributed by atoms with E-state index in [0.29, 0.717) is 17.0 Å². The standard InChI is InChI=1S/C15H16N2O4/c18-13(19)8-17-14(20)11-2-1-10(7-12(11)15(17)21)9-3-5-16-6-4-9/h1-2,7,9,16H,3-6,8H2,(H,18,19). The number of amides is 2. The summed E-state index contributed by atoms with van der Waals surface area (Å²) in [4.78, 5) is 35.8. The molecule has 0 spiro atoms. The first-order chi connectivity index (χ1) is 10.1. The minimum absolute atomic E-state index is 0.305. The molecule has 0 atom stereocenters. The summed E-state index contributed by atoms with van der Waals surface area (Å²) in [7, 11) is 0. The predicted octanol–water partition coefficient (Wildman–Crippen LogP) is 0.834. The molecule has 0 unspecified atom stereocenters. The van der Waals surface area contributed by atoms with E-state index in [4.69, 9.17) is 5.11 Å². The summed E-state index contributed by atoms with van der Waals surface area (Å²) < 4.78 is 0. The maximum absolute atomic E-state index is 12.2. The number of hydrogen-bond donors (Lipinski definition) is 2. The number of carbonyl (C=O) groups is 3. The fourth-order valence-corrected chi connectivity index (χ4v) is 3.00. The van der Waals surface area contributed by atoms with Gasteiger partial charge in [0.2, 0.25) is 0 Å². The SMILES string of the molecule is O=C(O)CN1C(=O)c2ccc(C3CCNCC3)cc2C1=O. The van der Waals surface area contributed by atoms with Crippen LogP contribution < -0.4 is 5.32 Å². The van der Waals surface area contributed by atoms with E-state index >= 15 is 0 Å². The Balaban J connectivity index is 1.90. The first-order valence-corrected chi connectivity index (χ1v) is 7.00. The van der Waals surface area contributed by atoms with Crippen LogP contribution in [0.1, 0.15) is 45.0 Å². The number of benzene rings is 1. The molecule has 0 bridgehead atoms. The van der Waals surface area contributed by atoms with Crippen LogP contribution in [0.3, 0.4) is 0 Å². The number of piperidine rings is 1. The van der Waals surface area contributed by atoms with Crippen LogP contribution in [0, 0.1) is 0 Å². The van der Waals surface area contributed by atoms with Crippen LogP contribution in [0.5, 0.6) is 0 Å². The van der Waals surface area contributed by atoms with Crippen LogP contribution in [-0.2, 0) is 4.79 Å². The Morgan fingerprint density at radius 1 is 1.19 bits per heavy atom. The maximum Gasteiger partial charge on any atom is 0.323 e. The highest BCUT2D eigenvalue weighted by Crippen LogP contribution is 2.30. The predicted molar refractivity (Wildman–Crippen MR) is 74.3 cm³/mol. The van der Waals surface area contributed by atoms with Gasteiger partial charge in [-0.15, -0.1) is 0 Å². The van der Waals surface area contributed by atoms with Gasteiger partial charge in [-0.25, -0.2) is 0 Å². The highest BCUT2D eigenvalue weighted by Gasteiger charge is 2.37. The van der Waals surface area contributed by atoms with Gasteiger partial charge in [0, 0.05) is 0 Å². The van der Waals surface area contributed by atoms with Gasteiger partial charge >= 0.3 is 5.97 Å². The third-order valence-electron chi connectivity index (χ3n) is 4.10. The van der Waals surface area contributed by atoms with Crippen molar-refractivity contribution in [2.75, 3.05) is 19.6 Å². The average Bonchev–Trinajstić information content (AvgIpc) is 2.72. The third-order valence-corrected chi connectivity index (χ3v) is 4.10. The molecule has 0 radical (unpaired) electrons. The van der Waals surface area contributed by atoms with Gasteiger partial charge < -0.3 is 10.4 Å². The van der Waals surface area contributed by atoms with E-state index in [1.807, 2.05) is 6.07 Å². The van der Waals surface area contributed by atoms with Crippen molar-refractivity contribution in [3.05, 3.63) is 34.9 Å². The Labute approximate surface area is 121 Å². The molecule has 2 amide bonds. The summed E-state index contributed by atoms with van der Waals surface area (Å²) in [6, 6.07) is 5.28. The summed E-state index contributed by atoms with van der Waals surface area (Å²) in [5.41, 5.74) is 1.68. The molecule has 1 saturated heterocycles. The number of rotatable bonds is 3. The van der Waals surface area contributed by atoms with Crippen molar-refractivity contribution in [2.24, 2.45) is 0 Å². The number of carbonyl (C=O) groups excluding carboxylic acids is 2. The number of hydrogen-bond acceptors (Lipinski definition) is 4. The van der Waals surface area contributed by atoms with E-state index in [1.165, 1.54) is 0 Å². The van der Waals surface area contributed by atoms with Crippen LogP contribution >= 0.6 is 0 Å². The fourth-order valence-electron chi connectivity index (χ4n) is 3.00. The molecule has 0 aromatic heterocycles. The molecule has 2 aliphatic rings. The Hall–Kier alpha value is -2.21. The van der Waals surface area contributed by atoms with E-state index in [9.17, 15) is 14.4 Å². The molecule has 1 aromatic carbocycles. The van der Waals surface area contributed by atoms with Gasteiger partial charge in [0.25, 0.3) is 11.8 Å². The molecule has 1 fully saturated rings. The van der Waals surface area contributed by atoms with Crippen LogP contribution in [0.15, 0.2) is 18.2 Å². The highest BCUT2D eigenvalue weighted by atomic mass is 16.4. The minimum Gasteiger partial charge on any atom is -0.480 e. The maximum atomic E-state index is 12.2. The lowest BCUT2D eigenvalue weighted by molar-refractivity contribution is -0.137. The van der Waals surface area contributed by atoms with Gasteiger partial charge in [-0.2, -0.15) is 0 Å². The van der Waals surface area contributed by atoms with E-state index in [-0.39, 0.29) is 0 Å². The quantitative estimate of drug-likeness (QED) is 0.805. The highest BCUT2D eigenvalue weighted by molar-refractivity contribution is 6.22. The first-order valence-electron chi connectivity index (χ1n) is 7.00. The van der Waals surface area contributed by atoms with Gasteiger partial charge in [-0.1, -0.05) is 6.07 Å². The number of aliphatic carboxylic acids is 1. The Bertz CT molecular complexity index is 620. The second-order valence-electron chi connectivity index (χ2n) is 5.42. The van der Waals surface area contributed by atoms with Gasteiger partial charge in [-0.05, 0) is 49.5 Å². The fraction of sp³-hybridized carbons (Fsp3) is 0.400. The topological polar surface area (TPSA) is 86.7 Å². The molecule has 3 rings (SSSR count). The number of fused-ring (bicyclic) bond motifs is 1. The van der Waals surface area contributed by atoms with Crippen molar-refractivity contribution in [2.45, 2.75) is 18.8 Å². The van der Waals surface area contributed by atoms with Gasteiger partial charge in [0.05, 0.1) is 11.1 Å². The molecular formula is C15H16N2O4. The number of carboxylic acids is 1. The number of imide groups is 1. The molecule has 1 aromatic rings.